The Morgan fingerprint density at radius 1 is 0.837 bits per heavy atom. The third kappa shape index (κ3) is 8.95. The van der Waals surface area contributed by atoms with Crippen molar-refractivity contribution in [1.82, 2.24) is 24.5 Å². The van der Waals surface area contributed by atoms with E-state index >= 15 is 0 Å². The SMILES string of the molecule is CC(C)CN(CC(C)C)C(=O)[C@H](CC(=O)N(Cc1ccccn1)Cc1ccccn1)NS(=O)(=O)c1ccc2occc2c1. The summed E-state index contributed by atoms with van der Waals surface area (Å²) < 4.78 is 35.2. The van der Waals surface area contributed by atoms with E-state index in [1.54, 1.807) is 46.5 Å². The fourth-order valence-electron chi connectivity index (χ4n) is 4.81. The Morgan fingerprint density at radius 2 is 1.44 bits per heavy atom. The van der Waals surface area contributed by atoms with Gasteiger partial charge in [-0.05, 0) is 60.4 Å². The van der Waals surface area contributed by atoms with Gasteiger partial charge in [0.1, 0.15) is 11.6 Å². The van der Waals surface area contributed by atoms with Gasteiger partial charge in [0, 0.05) is 30.9 Å². The van der Waals surface area contributed by atoms with Crippen LogP contribution in [0.3, 0.4) is 0 Å². The number of nitrogens with one attached hydrogen (secondary N) is 1. The van der Waals surface area contributed by atoms with Crippen LogP contribution in [0, 0.1) is 11.8 Å². The van der Waals surface area contributed by atoms with E-state index in [1.807, 2.05) is 52.0 Å². The predicted octanol–water partition coefficient (Wildman–Crippen LogP) is 4.63. The molecule has 0 unspecified atom stereocenters. The molecule has 2 amide bonds. The minimum atomic E-state index is -4.19. The Kier molecular flexibility index (Phi) is 10.7. The van der Waals surface area contributed by atoms with Crippen LogP contribution in [0.5, 0.6) is 0 Å². The number of sulfonamides is 1. The van der Waals surface area contributed by atoms with Gasteiger partial charge in [-0.1, -0.05) is 39.8 Å². The second-order valence-corrected chi connectivity index (χ2v) is 13.1. The molecule has 0 aliphatic heterocycles. The van der Waals surface area contributed by atoms with E-state index in [0.717, 1.165) is 0 Å². The number of nitrogens with zero attached hydrogens (tertiary/aromatic N) is 4. The molecule has 11 heteroatoms. The Morgan fingerprint density at radius 3 is 1.98 bits per heavy atom. The number of hydrogen-bond acceptors (Lipinski definition) is 7. The average Bonchev–Trinajstić information content (AvgIpc) is 3.44. The Hall–Kier alpha value is -4.09. The monoisotopic (exact) mass is 605 g/mol. The molecule has 228 valence electrons. The standard InChI is InChI=1S/C32H39N5O5S/c1-23(2)19-37(20-24(3)4)32(39)29(35-43(40,41)28-11-12-30-25(17-28)13-16-42-30)18-31(38)36(21-26-9-5-7-14-33-26)22-27-10-6-8-15-34-27/h5-17,23-24,29,35H,18-22H2,1-4H3/t29-/m0/s1. The van der Waals surface area contributed by atoms with Crippen molar-refractivity contribution in [1.29, 1.82) is 0 Å². The zero-order valence-corrected chi connectivity index (χ0v) is 25.8. The molecule has 43 heavy (non-hydrogen) atoms. The molecule has 10 nitrogen and oxygen atoms in total. The molecule has 1 N–H and O–H groups in total. The summed E-state index contributed by atoms with van der Waals surface area (Å²) >= 11 is 0. The summed E-state index contributed by atoms with van der Waals surface area (Å²) in [7, 11) is -4.19. The molecular formula is C32H39N5O5S. The minimum Gasteiger partial charge on any atom is -0.464 e. The highest BCUT2D eigenvalue weighted by molar-refractivity contribution is 7.89. The van der Waals surface area contributed by atoms with Gasteiger partial charge >= 0.3 is 0 Å². The maximum atomic E-state index is 14.1. The van der Waals surface area contributed by atoms with E-state index in [-0.39, 0.29) is 36.2 Å². The second-order valence-electron chi connectivity index (χ2n) is 11.4. The van der Waals surface area contributed by atoms with Crippen molar-refractivity contribution < 1.29 is 22.4 Å². The number of hydrogen-bond donors (Lipinski definition) is 1. The Balaban J connectivity index is 1.67. The van der Waals surface area contributed by atoms with Crippen molar-refractivity contribution in [2.45, 2.75) is 58.1 Å². The number of rotatable bonds is 14. The van der Waals surface area contributed by atoms with Crippen LogP contribution in [0.25, 0.3) is 11.0 Å². The van der Waals surface area contributed by atoms with E-state index in [0.29, 0.717) is 35.4 Å². The summed E-state index contributed by atoms with van der Waals surface area (Å²) in [5, 5.41) is 0.611. The first-order chi connectivity index (χ1) is 20.5. The molecule has 0 radical (unpaired) electrons. The summed E-state index contributed by atoms with van der Waals surface area (Å²) in [6.07, 6.45) is 4.39. The lowest BCUT2D eigenvalue weighted by Crippen LogP contribution is -2.52. The van der Waals surface area contributed by atoms with Gasteiger partial charge in [0.15, 0.2) is 0 Å². The first kappa shape index (κ1) is 31.8. The molecule has 0 aliphatic rings. The topological polar surface area (TPSA) is 126 Å². The first-order valence-electron chi connectivity index (χ1n) is 14.4. The number of carbonyl (C=O) groups excluding carboxylic acids is 2. The van der Waals surface area contributed by atoms with Gasteiger partial charge in [0.2, 0.25) is 21.8 Å². The van der Waals surface area contributed by atoms with Crippen LogP contribution in [0.2, 0.25) is 0 Å². The van der Waals surface area contributed by atoms with E-state index in [9.17, 15) is 18.0 Å². The summed E-state index contributed by atoms with van der Waals surface area (Å²) in [6.45, 7) is 9.16. The summed E-state index contributed by atoms with van der Waals surface area (Å²) in [6, 6.07) is 15.7. The number of furan rings is 1. The highest BCUT2D eigenvalue weighted by Crippen LogP contribution is 2.21. The van der Waals surface area contributed by atoms with Crippen molar-refractivity contribution in [2.24, 2.45) is 11.8 Å². The quantitative estimate of drug-likeness (QED) is 0.222. The molecule has 0 aliphatic carbocycles. The van der Waals surface area contributed by atoms with Crippen molar-refractivity contribution >= 4 is 32.8 Å². The van der Waals surface area contributed by atoms with Gasteiger partial charge in [-0.3, -0.25) is 19.6 Å². The lowest BCUT2D eigenvalue weighted by Gasteiger charge is -2.31. The minimum absolute atomic E-state index is 0.0234. The van der Waals surface area contributed by atoms with Crippen molar-refractivity contribution in [3.05, 3.63) is 90.7 Å². The second kappa shape index (κ2) is 14.4. The van der Waals surface area contributed by atoms with E-state index in [4.69, 9.17) is 4.42 Å². The number of benzene rings is 1. The summed E-state index contributed by atoms with van der Waals surface area (Å²) in [5.74, 6) is -0.566. The first-order valence-corrected chi connectivity index (χ1v) is 15.9. The number of aromatic nitrogens is 2. The van der Waals surface area contributed by atoms with Gasteiger partial charge < -0.3 is 14.2 Å². The predicted molar refractivity (Wildman–Crippen MR) is 164 cm³/mol. The van der Waals surface area contributed by atoms with Crippen LogP contribution in [0.4, 0.5) is 0 Å². The summed E-state index contributed by atoms with van der Waals surface area (Å²) in [4.78, 5) is 39.9. The Bertz CT molecular complexity index is 1560. The van der Waals surface area contributed by atoms with Crippen LogP contribution >= 0.6 is 0 Å². The molecule has 3 heterocycles. The van der Waals surface area contributed by atoms with Gasteiger partial charge in [0.25, 0.3) is 0 Å². The zero-order chi connectivity index (χ0) is 31.0. The van der Waals surface area contributed by atoms with Crippen LogP contribution in [-0.4, -0.2) is 59.1 Å². The maximum absolute atomic E-state index is 14.1. The number of amides is 2. The van der Waals surface area contributed by atoms with Gasteiger partial charge in [-0.2, -0.15) is 4.72 Å². The summed E-state index contributed by atoms with van der Waals surface area (Å²) in [5.41, 5.74) is 1.86. The molecule has 4 rings (SSSR count). The molecule has 0 saturated heterocycles. The fraction of sp³-hybridized carbons (Fsp3) is 0.375. The third-order valence-corrected chi connectivity index (χ3v) is 8.17. The average molecular weight is 606 g/mol. The smallest absolute Gasteiger partial charge is 0.241 e. The van der Waals surface area contributed by atoms with Crippen LogP contribution < -0.4 is 4.72 Å². The fourth-order valence-corrected chi connectivity index (χ4v) is 6.04. The molecule has 3 aromatic heterocycles. The van der Waals surface area contributed by atoms with Gasteiger partial charge in [0.05, 0.1) is 42.1 Å². The van der Waals surface area contributed by atoms with Crippen LogP contribution in [-0.2, 0) is 32.7 Å². The van der Waals surface area contributed by atoms with Crippen LogP contribution in [0.1, 0.15) is 45.5 Å². The molecule has 4 aromatic rings. The number of carbonyl (C=O) groups is 2. The highest BCUT2D eigenvalue weighted by Gasteiger charge is 2.33. The molecule has 1 atom stereocenters. The van der Waals surface area contributed by atoms with Crippen molar-refractivity contribution in [2.75, 3.05) is 13.1 Å². The number of pyridine rings is 2. The molecule has 0 saturated carbocycles. The molecular weight excluding hydrogens is 566 g/mol. The third-order valence-electron chi connectivity index (χ3n) is 6.70. The lowest BCUT2D eigenvalue weighted by atomic mass is 10.1. The molecule has 0 fully saturated rings. The van der Waals surface area contributed by atoms with E-state index in [1.165, 1.54) is 18.4 Å². The maximum Gasteiger partial charge on any atom is 0.241 e. The van der Waals surface area contributed by atoms with Gasteiger partial charge in [-0.15, -0.1) is 0 Å². The zero-order valence-electron chi connectivity index (χ0n) is 25.0. The lowest BCUT2D eigenvalue weighted by molar-refractivity contribution is -0.140. The normalized spacial score (nSPS) is 12.5. The van der Waals surface area contributed by atoms with Crippen LogP contribution in [0.15, 0.2) is 88.6 Å². The molecule has 0 spiro atoms. The van der Waals surface area contributed by atoms with Gasteiger partial charge in [-0.25, -0.2) is 8.42 Å². The largest absolute Gasteiger partial charge is 0.464 e. The highest BCUT2D eigenvalue weighted by atomic mass is 32.2. The molecule has 0 bridgehead atoms. The van der Waals surface area contributed by atoms with E-state index < -0.39 is 27.9 Å². The molecule has 1 aromatic carbocycles. The number of fused-ring (bicyclic) bond motifs is 1. The van der Waals surface area contributed by atoms with E-state index in [2.05, 4.69) is 14.7 Å². The Labute approximate surface area is 253 Å². The van der Waals surface area contributed by atoms with Crippen molar-refractivity contribution in [3.8, 4) is 0 Å². The van der Waals surface area contributed by atoms with Crippen molar-refractivity contribution in [3.63, 3.8) is 0 Å².